The molecule has 1 amide bonds. The molecule has 1 unspecified atom stereocenters. The van der Waals surface area contributed by atoms with E-state index in [1.54, 1.807) is 19.4 Å². The molecule has 4 aromatic rings. The monoisotopic (exact) mass is 525 g/mol. The van der Waals surface area contributed by atoms with Crippen LogP contribution in [0.4, 0.5) is 23.0 Å². The smallest absolute Gasteiger partial charge is 0.228 e. The number of nitrogens with one attached hydrogen (secondary N) is 2. The Hall–Kier alpha value is -4.37. The van der Waals surface area contributed by atoms with Crippen LogP contribution in [0.15, 0.2) is 67.5 Å². The van der Waals surface area contributed by atoms with Crippen LogP contribution in [0.25, 0.3) is 22.2 Å². The van der Waals surface area contributed by atoms with E-state index >= 15 is 0 Å². The Balaban J connectivity index is 1.50. The van der Waals surface area contributed by atoms with Gasteiger partial charge >= 0.3 is 0 Å². The zero-order valence-electron chi connectivity index (χ0n) is 22.9. The molecule has 9 heteroatoms. The van der Waals surface area contributed by atoms with Crippen molar-refractivity contribution in [3.8, 4) is 17.0 Å². The van der Waals surface area contributed by atoms with Crippen molar-refractivity contribution in [2.75, 3.05) is 49.8 Å². The van der Waals surface area contributed by atoms with Crippen LogP contribution in [0.2, 0.25) is 0 Å². The van der Waals surface area contributed by atoms with Gasteiger partial charge in [0.15, 0.2) is 0 Å². The molecule has 39 heavy (non-hydrogen) atoms. The summed E-state index contributed by atoms with van der Waals surface area (Å²) in [7, 11) is 7.87. The van der Waals surface area contributed by atoms with Gasteiger partial charge in [0.1, 0.15) is 5.75 Å². The number of fused-ring (bicyclic) bond motifs is 1. The van der Waals surface area contributed by atoms with E-state index in [0.717, 1.165) is 47.4 Å². The highest BCUT2D eigenvalue weighted by atomic mass is 16.5. The maximum atomic E-state index is 12.6. The van der Waals surface area contributed by atoms with Gasteiger partial charge in [-0.05, 0) is 38.7 Å². The number of benzene rings is 2. The van der Waals surface area contributed by atoms with Crippen molar-refractivity contribution in [2.45, 2.75) is 18.9 Å². The largest absolute Gasteiger partial charge is 0.494 e. The highest BCUT2D eigenvalue weighted by molar-refractivity contribution is 5.97. The summed E-state index contributed by atoms with van der Waals surface area (Å²) in [5.41, 5.74) is 5.26. The Morgan fingerprint density at radius 3 is 2.79 bits per heavy atom. The third kappa shape index (κ3) is 5.44. The van der Waals surface area contributed by atoms with E-state index < -0.39 is 0 Å². The molecule has 2 N–H and O–H groups in total. The normalized spacial score (nSPS) is 15.1. The number of ether oxygens (including phenoxy) is 1. The number of nitrogens with zero attached hydrogens (tertiary/aromatic N) is 5. The molecule has 1 aliphatic rings. The number of likely N-dealkylation sites (N-methyl/N-ethyl adjacent to an activating group) is 1. The second-order valence-corrected chi connectivity index (χ2v) is 10.0. The van der Waals surface area contributed by atoms with Gasteiger partial charge in [-0.25, -0.2) is 9.97 Å². The summed E-state index contributed by atoms with van der Waals surface area (Å²) in [6.45, 7) is 5.45. The molecule has 9 nitrogen and oxygen atoms in total. The minimum Gasteiger partial charge on any atom is -0.494 e. The predicted octanol–water partition coefficient (Wildman–Crippen LogP) is 5.04. The number of aromatic nitrogens is 3. The number of amides is 1. The number of para-hydroxylation sites is 1. The minimum absolute atomic E-state index is 0.125. The summed E-state index contributed by atoms with van der Waals surface area (Å²) in [6.07, 6.45) is 6.69. The van der Waals surface area contributed by atoms with E-state index in [-0.39, 0.29) is 12.3 Å². The summed E-state index contributed by atoms with van der Waals surface area (Å²) in [6, 6.07) is 14.5. The second kappa shape index (κ2) is 11.2. The van der Waals surface area contributed by atoms with Gasteiger partial charge in [0.25, 0.3) is 0 Å². The van der Waals surface area contributed by atoms with E-state index in [2.05, 4.69) is 69.0 Å². The van der Waals surface area contributed by atoms with Crippen LogP contribution in [0.5, 0.6) is 5.75 Å². The van der Waals surface area contributed by atoms with Gasteiger partial charge in [-0.2, -0.15) is 0 Å². The molecular formula is C30H35N7O2. The Labute approximate surface area is 229 Å². The molecule has 202 valence electrons. The van der Waals surface area contributed by atoms with Crippen LogP contribution < -0.4 is 20.3 Å². The van der Waals surface area contributed by atoms with Crippen LogP contribution in [-0.2, 0) is 11.8 Å². The zero-order chi connectivity index (χ0) is 27.5. The lowest BCUT2D eigenvalue weighted by atomic mass is 10.1. The van der Waals surface area contributed by atoms with Gasteiger partial charge in [0.2, 0.25) is 11.9 Å². The number of hydrogen-bond acceptors (Lipinski definition) is 7. The molecule has 0 bridgehead atoms. The van der Waals surface area contributed by atoms with Gasteiger partial charge in [0.05, 0.1) is 29.9 Å². The van der Waals surface area contributed by atoms with Crippen LogP contribution in [0.3, 0.4) is 0 Å². The fourth-order valence-electron chi connectivity index (χ4n) is 5.15. The first-order chi connectivity index (χ1) is 18.9. The van der Waals surface area contributed by atoms with Gasteiger partial charge in [-0.3, -0.25) is 4.79 Å². The molecule has 1 saturated heterocycles. The van der Waals surface area contributed by atoms with Crippen LogP contribution in [0, 0.1) is 0 Å². The first kappa shape index (κ1) is 26.2. The number of carbonyl (C=O) groups excluding carboxylic acids is 1. The van der Waals surface area contributed by atoms with Gasteiger partial charge in [-0.1, -0.05) is 24.3 Å². The molecule has 2 aromatic heterocycles. The summed E-state index contributed by atoms with van der Waals surface area (Å²) >= 11 is 0. The van der Waals surface area contributed by atoms with Crippen molar-refractivity contribution >= 4 is 39.8 Å². The Kier molecular flexibility index (Phi) is 7.51. The van der Waals surface area contributed by atoms with E-state index in [0.29, 0.717) is 29.1 Å². The minimum atomic E-state index is -0.125. The molecule has 0 spiro atoms. The Morgan fingerprint density at radius 2 is 2.05 bits per heavy atom. The fourth-order valence-corrected chi connectivity index (χ4v) is 5.15. The van der Waals surface area contributed by atoms with Crippen molar-refractivity contribution in [3.05, 3.63) is 67.5 Å². The number of aryl methyl sites for hydroxylation is 1. The van der Waals surface area contributed by atoms with Crippen LogP contribution in [-0.4, -0.2) is 65.7 Å². The van der Waals surface area contributed by atoms with Crippen molar-refractivity contribution in [2.24, 2.45) is 7.05 Å². The average molecular weight is 526 g/mol. The van der Waals surface area contributed by atoms with Crippen LogP contribution in [0.1, 0.15) is 12.8 Å². The molecule has 1 fully saturated rings. The van der Waals surface area contributed by atoms with Crippen molar-refractivity contribution in [1.82, 2.24) is 19.4 Å². The van der Waals surface area contributed by atoms with Gasteiger partial charge in [-0.15, -0.1) is 6.58 Å². The average Bonchev–Trinajstić information content (AvgIpc) is 3.55. The number of methoxy groups -OCH3 is 1. The Bertz CT molecular complexity index is 1510. The van der Waals surface area contributed by atoms with Crippen molar-refractivity contribution < 1.29 is 9.53 Å². The molecule has 1 atom stereocenters. The van der Waals surface area contributed by atoms with Crippen molar-refractivity contribution in [3.63, 3.8) is 0 Å². The molecule has 5 rings (SSSR count). The topological polar surface area (TPSA) is 87.5 Å². The Morgan fingerprint density at radius 1 is 1.23 bits per heavy atom. The van der Waals surface area contributed by atoms with Gasteiger partial charge in [0, 0.05) is 67.5 Å². The SMILES string of the molecule is C=CCC(=O)Nc1cc(Nc2nccc(-c3cn(C)c4ccccc34)n2)c(OC)cc1N1CCC(N(C)C)C1. The van der Waals surface area contributed by atoms with Crippen molar-refractivity contribution in [1.29, 1.82) is 0 Å². The predicted molar refractivity (Wildman–Crippen MR) is 158 cm³/mol. The number of hydrogen-bond donors (Lipinski definition) is 2. The van der Waals surface area contributed by atoms with E-state index in [1.807, 2.05) is 37.4 Å². The highest BCUT2D eigenvalue weighted by Crippen LogP contribution is 2.40. The van der Waals surface area contributed by atoms with Crippen LogP contribution >= 0.6 is 0 Å². The molecular weight excluding hydrogens is 490 g/mol. The van der Waals surface area contributed by atoms with E-state index in [4.69, 9.17) is 9.72 Å². The zero-order valence-corrected chi connectivity index (χ0v) is 22.9. The maximum Gasteiger partial charge on any atom is 0.228 e. The third-order valence-corrected chi connectivity index (χ3v) is 7.23. The molecule has 2 aromatic carbocycles. The number of carbonyl (C=O) groups is 1. The lowest BCUT2D eigenvalue weighted by Crippen LogP contribution is -2.31. The molecule has 0 radical (unpaired) electrons. The van der Waals surface area contributed by atoms with Gasteiger partial charge < -0.3 is 29.7 Å². The molecule has 3 heterocycles. The highest BCUT2D eigenvalue weighted by Gasteiger charge is 2.27. The molecule has 0 saturated carbocycles. The standard InChI is InChI=1S/C30H35N7O2/c1-6-9-29(38)32-24-16-25(28(39-5)17-27(24)37-15-13-20(18-37)35(2)3)34-30-31-14-12-23(33-30)22-19-36(4)26-11-8-7-10-21(22)26/h6-8,10-12,14,16-17,19-20H,1,9,13,15,18H2,2-5H3,(H,32,38)(H,31,33,34). The first-order valence-electron chi connectivity index (χ1n) is 13.1. The first-order valence-corrected chi connectivity index (χ1v) is 13.1. The quantitative estimate of drug-likeness (QED) is 0.296. The summed E-state index contributed by atoms with van der Waals surface area (Å²) in [5, 5.41) is 7.52. The summed E-state index contributed by atoms with van der Waals surface area (Å²) < 4.78 is 7.88. The van der Waals surface area contributed by atoms with E-state index in [1.165, 1.54) is 0 Å². The second-order valence-electron chi connectivity index (χ2n) is 10.0. The fraction of sp³-hybridized carbons (Fsp3) is 0.300. The lowest BCUT2D eigenvalue weighted by Gasteiger charge is -2.25. The lowest BCUT2D eigenvalue weighted by molar-refractivity contribution is -0.115. The number of anilines is 4. The summed E-state index contributed by atoms with van der Waals surface area (Å²) in [5.74, 6) is 0.947. The molecule has 1 aliphatic heterocycles. The van der Waals surface area contributed by atoms with E-state index in [9.17, 15) is 4.79 Å². The third-order valence-electron chi connectivity index (χ3n) is 7.23. The number of rotatable bonds is 9. The molecule has 0 aliphatic carbocycles. The summed E-state index contributed by atoms with van der Waals surface area (Å²) in [4.78, 5) is 26.4. The maximum absolute atomic E-state index is 12.6.